The van der Waals surface area contributed by atoms with E-state index in [9.17, 15) is 31.1 Å². The number of nitrogens with zero attached hydrogens (tertiary/aromatic N) is 1. The van der Waals surface area contributed by atoms with Crippen LogP contribution >= 0.6 is 0 Å². The minimum atomic E-state index is -5.08. The van der Waals surface area contributed by atoms with Gasteiger partial charge in [-0.2, -0.15) is 26.3 Å². The molecule has 46 heavy (non-hydrogen) atoms. The first-order valence-electron chi connectivity index (χ1n) is 13.3. The van der Waals surface area contributed by atoms with E-state index in [1.54, 1.807) is 42.5 Å². The van der Waals surface area contributed by atoms with Crippen molar-refractivity contribution in [1.82, 2.24) is 4.90 Å². The van der Waals surface area contributed by atoms with Crippen molar-refractivity contribution < 1.29 is 65.1 Å². The number of aliphatic carboxylic acids is 2. The van der Waals surface area contributed by atoms with E-state index in [1.807, 2.05) is 11.8 Å². The van der Waals surface area contributed by atoms with Crippen molar-refractivity contribution >= 4 is 29.6 Å². The van der Waals surface area contributed by atoms with E-state index >= 15 is 0 Å². The number of hydrogen-bond donors (Lipinski definition) is 5. The molecule has 6 N–H and O–H groups in total. The zero-order valence-corrected chi connectivity index (χ0v) is 24.3. The lowest BCUT2D eigenvalue weighted by Gasteiger charge is -2.18. The smallest absolute Gasteiger partial charge is 0.490 e. The Balaban J connectivity index is 0.000000629. The largest absolute Gasteiger partial charge is 0.490 e. The number of nitrogen functional groups attached to an aromatic ring is 1. The molecule has 1 fully saturated rings. The Bertz CT molecular complexity index is 1320. The zero-order valence-electron chi connectivity index (χ0n) is 24.3. The lowest BCUT2D eigenvalue weighted by molar-refractivity contribution is -0.193. The van der Waals surface area contributed by atoms with Gasteiger partial charge in [-0.05, 0) is 49.6 Å². The highest BCUT2D eigenvalue weighted by atomic mass is 19.4. The summed E-state index contributed by atoms with van der Waals surface area (Å²) < 4.78 is 80.2. The van der Waals surface area contributed by atoms with Gasteiger partial charge < -0.3 is 35.1 Å². The molecule has 0 atom stereocenters. The summed E-state index contributed by atoms with van der Waals surface area (Å²) in [4.78, 5) is 32.2. The summed E-state index contributed by atoms with van der Waals surface area (Å²) in [5.41, 5.74) is 7.30. The SMILES string of the molecule is CCCOc1ccc(C(=N)N)cc1OCCOC(=O)c1ccc(C(=N)N2CCCC2)cc1.O=C(O)C(F)(F)F.O=C(O)C(F)(F)F. The van der Waals surface area contributed by atoms with E-state index in [0.29, 0.717) is 35.1 Å². The summed E-state index contributed by atoms with van der Waals surface area (Å²) in [6.45, 7) is 4.54. The van der Waals surface area contributed by atoms with Crippen LogP contribution < -0.4 is 15.2 Å². The monoisotopic (exact) mass is 666 g/mol. The van der Waals surface area contributed by atoms with Crippen LogP contribution in [0.15, 0.2) is 42.5 Å². The molecule has 0 radical (unpaired) electrons. The van der Waals surface area contributed by atoms with Gasteiger partial charge in [0.15, 0.2) is 11.5 Å². The Kier molecular flexibility index (Phi) is 15.3. The second kappa shape index (κ2) is 18.1. The van der Waals surface area contributed by atoms with Crippen LogP contribution in [-0.4, -0.2) is 90.0 Å². The van der Waals surface area contributed by atoms with Gasteiger partial charge in [0.05, 0.1) is 12.2 Å². The fourth-order valence-electron chi connectivity index (χ4n) is 3.38. The first kappa shape index (κ1) is 39.0. The summed E-state index contributed by atoms with van der Waals surface area (Å²) in [6, 6.07) is 12.0. The predicted molar refractivity (Wildman–Crippen MR) is 150 cm³/mol. The second-order valence-electron chi connectivity index (χ2n) is 9.13. The number of ether oxygens (including phenoxy) is 3. The van der Waals surface area contributed by atoms with Gasteiger partial charge in [0.2, 0.25) is 0 Å². The molecule has 1 aliphatic rings. The van der Waals surface area contributed by atoms with Crippen molar-refractivity contribution in [2.45, 2.75) is 38.5 Å². The normalized spacial score (nSPS) is 12.5. The first-order chi connectivity index (χ1) is 21.4. The number of esters is 1. The highest BCUT2D eigenvalue weighted by molar-refractivity contribution is 5.98. The topological polar surface area (TPSA) is 196 Å². The fraction of sp³-hybridized carbons (Fsp3) is 0.393. The van der Waals surface area contributed by atoms with E-state index < -0.39 is 30.3 Å². The number of carbonyl (C=O) groups excluding carboxylic acids is 1. The molecule has 18 heteroatoms. The third-order valence-corrected chi connectivity index (χ3v) is 5.59. The number of carboxylic acid groups (broad SMARTS) is 2. The summed E-state index contributed by atoms with van der Waals surface area (Å²) in [5.74, 6) is -4.53. The minimum Gasteiger partial charge on any atom is -0.490 e. The van der Waals surface area contributed by atoms with Crippen molar-refractivity contribution in [1.29, 1.82) is 10.8 Å². The van der Waals surface area contributed by atoms with Crippen LogP contribution in [-0.2, 0) is 14.3 Å². The number of carbonyl (C=O) groups is 3. The Morgan fingerprint density at radius 2 is 1.24 bits per heavy atom. The van der Waals surface area contributed by atoms with E-state index in [4.69, 9.17) is 50.6 Å². The molecule has 0 amide bonds. The molecular formula is C28H32F6N4O8. The first-order valence-corrected chi connectivity index (χ1v) is 13.3. The molecule has 3 rings (SSSR count). The molecule has 0 aliphatic carbocycles. The molecule has 1 heterocycles. The standard InChI is InChI=1S/C24H30N4O4.2C2HF3O2/c1-2-13-30-20-10-9-19(22(25)26)16-21(20)31-14-15-32-24(29)18-7-5-17(6-8-18)23(27)28-11-3-4-12-28;2*3-2(4,5)1(6)7/h5-10,16,27H,2-4,11-15H2,1H3,(H3,25,26);2*(H,6,7). The maximum atomic E-state index is 12.3. The second-order valence-corrected chi connectivity index (χ2v) is 9.13. The molecule has 1 aliphatic heterocycles. The van der Waals surface area contributed by atoms with E-state index in [2.05, 4.69) is 0 Å². The lowest BCUT2D eigenvalue weighted by Crippen LogP contribution is -2.27. The fourth-order valence-corrected chi connectivity index (χ4v) is 3.38. The Morgan fingerprint density at radius 3 is 1.70 bits per heavy atom. The molecule has 254 valence electrons. The Morgan fingerprint density at radius 1 is 0.783 bits per heavy atom. The number of benzene rings is 2. The number of likely N-dealkylation sites (tertiary alicyclic amines) is 1. The number of hydrogen-bond acceptors (Lipinski definition) is 8. The van der Waals surface area contributed by atoms with E-state index in [-0.39, 0.29) is 19.0 Å². The van der Waals surface area contributed by atoms with Gasteiger partial charge in [-0.25, -0.2) is 14.4 Å². The van der Waals surface area contributed by atoms with Crippen LogP contribution in [0.2, 0.25) is 0 Å². The third kappa shape index (κ3) is 13.7. The molecular weight excluding hydrogens is 634 g/mol. The number of carboxylic acids is 2. The number of rotatable bonds is 10. The highest BCUT2D eigenvalue weighted by Crippen LogP contribution is 2.28. The van der Waals surface area contributed by atoms with Crippen LogP contribution in [0.4, 0.5) is 26.3 Å². The molecule has 0 unspecified atom stereocenters. The zero-order chi connectivity index (χ0) is 35.1. The molecule has 0 saturated carbocycles. The quantitative estimate of drug-likeness (QED) is 0.0781. The maximum Gasteiger partial charge on any atom is 0.490 e. The molecule has 2 aromatic carbocycles. The lowest BCUT2D eigenvalue weighted by atomic mass is 10.1. The van der Waals surface area contributed by atoms with Gasteiger partial charge in [0.1, 0.15) is 24.9 Å². The molecule has 0 bridgehead atoms. The molecule has 1 saturated heterocycles. The van der Waals surface area contributed by atoms with Crippen molar-refractivity contribution in [3.05, 3.63) is 59.2 Å². The van der Waals surface area contributed by atoms with Crippen LogP contribution in [0.1, 0.15) is 47.7 Å². The third-order valence-electron chi connectivity index (χ3n) is 5.59. The number of amidine groups is 2. The van der Waals surface area contributed by atoms with E-state index in [1.165, 1.54) is 0 Å². The van der Waals surface area contributed by atoms with E-state index in [0.717, 1.165) is 37.9 Å². The van der Waals surface area contributed by atoms with Gasteiger partial charge in [-0.1, -0.05) is 19.1 Å². The van der Waals surface area contributed by atoms with Gasteiger partial charge in [-0.15, -0.1) is 0 Å². The van der Waals surface area contributed by atoms with Crippen molar-refractivity contribution in [3.8, 4) is 11.5 Å². The highest BCUT2D eigenvalue weighted by Gasteiger charge is 2.38. The molecule has 0 aromatic heterocycles. The number of nitrogens with two attached hydrogens (primary N) is 1. The van der Waals surface area contributed by atoms with Crippen molar-refractivity contribution in [2.24, 2.45) is 5.73 Å². The average Bonchev–Trinajstić information content (AvgIpc) is 3.53. The van der Waals surface area contributed by atoms with Gasteiger partial charge in [-0.3, -0.25) is 10.8 Å². The van der Waals surface area contributed by atoms with Crippen LogP contribution in [0.3, 0.4) is 0 Å². The van der Waals surface area contributed by atoms with Crippen molar-refractivity contribution in [2.75, 3.05) is 32.9 Å². The van der Waals surface area contributed by atoms with Crippen molar-refractivity contribution in [3.63, 3.8) is 0 Å². The molecule has 0 spiro atoms. The van der Waals surface area contributed by atoms with Crippen LogP contribution in [0, 0.1) is 10.8 Å². The summed E-state index contributed by atoms with van der Waals surface area (Å²) in [7, 11) is 0. The average molecular weight is 667 g/mol. The summed E-state index contributed by atoms with van der Waals surface area (Å²) in [6.07, 6.45) is -7.10. The molecule has 12 nitrogen and oxygen atoms in total. The van der Waals surface area contributed by atoms with Gasteiger partial charge in [0, 0.05) is 24.2 Å². The summed E-state index contributed by atoms with van der Waals surface area (Å²) >= 11 is 0. The minimum absolute atomic E-state index is 0.0572. The Hall–Kier alpha value is -5.03. The number of nitrogens with one attached hydrogen (secondary N) is 2. The van der Waals surface area contributed by atoms with Gasteiger partial charge >= 0.3 is 30.3 Å². The molecule has 2 aromatic rings. The van der Waals surface area contributed by atoms with Gasteiger partial charge in [0.25, 0.3) is 0 Å². The van der Waals surface area contributed by atoms with Crippen LogP contribution in [0.25, 0.3) is 0 Å². The number of halogens is 6. The number of alkyl halides is 6. The van der Waals surface area contributed by atoms with Crippen LogP contribution in [0.5, 0.6) is 11.5 Å². The predicted octanol–water partition coefficient (Wildman–Crippen LogP) is 4.68. The summed E-state index contributed by atoms with van der Waals surface area (Å²) in [5, 5.41) is 30.1. The maximum absolute atomic E-state index is 12.3. The Labute approximate surface area is 258 Å².